The monoisotopic (exact) mass is 163 g/mol. The van der Waals surface area contributed by atoms with E-state index in [-0.39, 0.29) is 6.04 Å². The van der Waals surface area contributed by atoms with E-state index < -0.39 is 0 Å². The predicted molar refractivity (Wildman–Crippen MR) is 50.4 cm³/mol. The van der Waals surface area contributed by atoms with Crippen LogP contribution in [0.5, 0.6) is 0 Å². The Kier molecular flexibility index (Phi) is 2.82. The fourth-order valence-electron chi connectivity index (χ4n) is 1.01. The van der Waals surface area contributed by atoms with Gasteiger partial charge in [0, 0.05) is 12.2 Å². The number of aromatic nitrogens is 1. The van der Waals surface area contributed by atoms with Crippen LogP contribution in [0.2, 0.25) is 0 Å². The Hall–Kier alpha value is -1.35. The number of rotatable bonds is 3. The minimum Gasteiger partial charge on any atom is -0.384 e. The van der Waals surface area contributed by atoms with Crippen LogP contribution in [-0.4, -0.2) is 4.98 Å². The van der Waals surface area contributed by atoms with Crippen molar-refractivity contribution in [3.8, 4) is 0 Å². The van der Waals surface area contributed by atoms with Gasteiger partial charge in [-0.25, -0.2) is 4.98 Å². The van der Waals surface area contributed by atoms with E-state index in [9.17, 15) is 0 Å². The minimum atomic E-state index is -0.0206. The number of hydrogen-bond acceptors (Lipinski definition) is 3. The summed E-state index contributed by atoms with van der Waals surface area (Å²) >= 11 is 0. The normalized spacial score (nSPS) is 12.4. The van der Waals surface area contributed by atoms with E-state index in [0.717, 1.165) is 12.0 Å². The molecule has 0 saturated carbocycles. The molecule has 1 atom stereocenters. The number of pyridine rings is 1. The van der Waals surface area contributed by atoms with Gasteiger partial charge in [-0.15, -0.1) is 6.58 Å². The second kappa shape index (κ2) is 3.88. The van der Waals surface area contributed by atoms with Crippen molar-refractivity contribution in [1.29, 1.82) is 0 Å². The molecule has 0 spiro atoms. The lowest BCUT2D eigenvalue weighted by molar-refractivity contribution is 0.741. The first kappa shape index (κ1) is 8.74. The lowest BCUT2D eigenvalue weighted by atomic mass is 10.1. The van der Waals surface area contributed by atoms with Crippen molar-refractivity contribution in [3.05, 3.63) is 36.5 Å². The van der Waals surface area contributed by atoms with E-state index >= 15 is 0 Å². The maximum Gasteiger partial charge on any atom is 0.123 e. The number of nitrogens with two attached hydrogens (primary N) is 2. The van der Waals surface area contributed by atoms with Crippen molar-refractivity contribution in [3.63, 3.8) is 0 Å². The lowest BCUT2D eigenvalue weighted by Gasteiger charge is -2.08. The largest absolute Gasteiger partial charge is 0.384 e. The molecule has 4 N–H and O–H groups in total. The van der Waals surface area contributed by atoms with E-state index in [1.807, 2.05) is 6.07 Å². The van der Waals surface area contributed by atoms with Crippen molar-refractivity contribution in [1.82, 2.24) is 4.98 Å². The van der Waals surface area contributed by atoms with Gasteiger partial charge in [0.15, 0.2) is 0 Å². The average Bonchev–Trinajstić information content (AvgIpc) is 2.05. The molecule has 0 saturated heterocycles. The lowest BCUT2D eigenvalue weighted by Crippen LogP contribution is -2.09. The first-order valence-corrected chi connectivity index (χ1v) is 3.82. The Morgan fingerprint density at radius 1 is 1.67 bits per heavy atom. The summed E-state index contributed by atoms with van der Waals surface area (Å²) in [5.41, 5.74) is 12.3. The molecule has 0 unspecified atom stereocenters. The third-order valence-corrected chi connectivity index (χ3v) is 1.65. The van der Waals surface area contributed by atoms with Gasteiger partial charge >= 0.3 is 0 Å². The molecule has 1 aromatic heterocycles. The molecular weight excluding hydrogens is 150 g/mol. The third-order valence-electron chi connectivity index (χ3n) is 1.65. The maximum absolute atomic E-state index is 5.82. The highest BCUT2D eigenvalue weighted by atomic mass is 14.8. The number of hydrogen-bond donors (Lipinski definition) is 2. The van der Waals surface area contributed by atoms with E-state index in [0.29, 0.717) is 5.82 Å². The highest BCUT2D eigenvalue weighted by Gasteiger charge is 2.03. The van der Waals surface area contributed by atoms with Crippen LogP contribution in [0, 0.1) is 0 Å². The van der Waals surface area contributed by atoms with Crippen molar-refractivity contribution >= 4 is 5.82 Å². The third kappa shape index (κ3) is 2.07. The Bertz CT molecular complexity index is 270. The van der Waals surface area contributed by atoms with Crippen molar-refractivity contribution < 1.29 is 0 Å². The molecule has 0 amide bonds. The van der Waals surface area contributed by atoms with Crippen molar-refractivity contribution in [2.45, 2.75) is 12.5 Å². The molecule has 0 aliphatic heterocycles. The van der Waals surface area contributed by atoms with Crippen LogP contribution in [0.25, 0.3) is 0 Å². The molecule has 0 bridgehead atoms. The number of nitrogens with zero attached hydrogens (tertiary/aromatic N) is 1. The van der Waals surface area contributed by atoms with E-state index in [1.165, 1.54) is 0 Å². The first-order valence-electron chi connectivity index (χ1n) is 3.82. The van der Waals surface area contributed by atoms with Gasteiger partial charge in [0.1, 0.15) is 5.82 Å². The molecule has 1 aromatic rings. The molecular formula is C9H13N3. The molecule has 0 radical (unpaired) electrons. The zero-order valence-electron chi connectivity index (χ0n) is 6.90. The summed E-state index contributed by atoms with van der Waals surface area (Å²) in [6.07, 6.45) is 4.21. The topological polar surface area (TPSA) is 64.9 Å². The van der Waals surface area contributed by atoms with Crippen LogP contribution < -0.4 is 11.5 Å². The van der Waals surface area contributed by atoms with Crippen LogP contribution in [0.1, 0.15) is 18.0 Å². The van der Waals surface area contributed by atoms with Crippen molar-refractivity contribution in [2.24, 2.45) is 5.73 Å². The van der Waals surface area contributed by atoms with E-state index in [4.69, 9.17) is 11.5 Å². The molecule has 1 heterocycles. The number of anilines is 1. The first-order chi connectivity index (χ1) is 5.74. The Labute approximate surface area is 72.1 Å². The van der Waals surface area contributed by atoms with Gasteiger partial charge in [-0.05, 0) is 24.1 Å². The smallest absolute Gasteiger partial charge is 0.123 e. The second-order valence-electron chi connectivity index (χ2n) is 2.64. The van der Waals surface area contributed by atoms with Crippen LogP contribution in [0.3, 0.4) is 0 Å². The zero-order chi connectivity index (χ0) is 8.97. The van der Waals surface area contributed by atoms with Crippen LogP contribution in [0.15, 0.2) is 31.0 Å². The summed E-state index contributed by atoms with van der Waals surface area (Å²) in [5.74, 6) is 0.506. The van der Waals surface area contributed by atoms with Gasteiger partial charge in [0.2, 0.25) is 0 Å². The standard InChI is InChI=1S/C9H13N3/c1-2-3-8(10)7-4-5-12-9(11)6-7/h2,4-6,8H,1,3,10H2,(H2,11,12)/t8-/m1/s1. The Morgan fingerprint density at radius 3 is 3.00 bits per heavy atom. The summed E-state index contributed by atoms with van der Waals surface area (Å²) in [4.78, 5) is 3.88. The van der Waals surface area contributed by atoms with E-state index in [1.54, 1.807) is 18.3 Å². The predicted octanol–water partition coefficient (Wildman–Crippen LogP) is 1.24. The molecule has 64 valence electrons. The average molecular weight is 163 g/mol. The zero-order valence-corrected chi connectivity index (χ0v) is 6.90. The van der Waals surface area contributed by atoms with Crippen LogP contribution in [-0.2, 0) is 0 Å². The molecule has 3 heteroatoms. The highest BCUT2D eigenvalue weighted by molar-refractivity contribution is 5.33. The number of nitrogen functional groups attached to an aromatic ring is 1. The maximum atomic E-state index is 5.82. The summed E-state index contributed by atoms with van der Waals surface area (Å²) < 4.78 is 0. The Balaban J connectivity index is 2.80. The molecule has 0 fully saturated rings. The molecule has 0 aliphatic rings. The molecule has 12 heavy (non-hydrogen) atoms. The van der Waals surface area contributed by atoms with Gasteiger partial charge in [0.25, 0.3) is 0 Å². The molecule has 0 aliphatic carbocycles. The molecule has 3 nitrogen and oxygen atoms in total. The Morgan fingerprint density at radius 2 is 2.42 bits per heavy atom. The van der Waals surface area contributed by atoms with Gasteiger partial charge in [-0.2, -0.15) is 0 Å². The van der Waals surface area contributed by atoms with E-state index in [2.05, 4.69) is 11.6 Å². The highest BCUT2D eigenvalue weighted by Crippen LogP contribution is 2.14. The summed E-state index contributed by atoms with van der Waals surface area (Å²) in [6.45, 7) is 3.62. The summed E-state index contributed by atoms with van der Waals surface area (Å²) in [7, 11) is 0. The van der Waals surface area contributed by atoms with Gasteiger partial charge in [-0.3, -0.25) is 0 Å². The van der Waals surface area contributed by atoms with Gasteiger partial charge in [-0.1, -0.05) is 6.08 Å². The fraction of sp³-hybridized carbons (Fsp3) is 0.222. The summed E-state index contributed by atoms with van der Waals surface area (Å²) in [5, 5.41) is 0. The fourth-order valence-corrected chi connectivity index (χ4v) is 1.01. The van der Waals surface area contributed by atoms with Gasteiger partial charge in [0.05, 0.1) is 0 Å². The second-order valence-corrected chi connectivity index (χ2v) is 2.64. The quantitative estimate of drug-likeness (QED) is 0.659. The minimum absolute atomic E-state index is 0.0206. The van der Waals surface area contributed by atoms with Crippen LogP contribution >= 0.6 is 0 Å². The van der Waals surface area contributed by atoms with Gasteiger partial charge < -0.3 is 11.5 Å². The molecule has 0 aromatic carbocycles. The SMILES string of the molecule is C=CC[C@@H](N)c1ccnc(N)c1. The van der Waals surface area contributed by atoms with Crippen molar-refractivity contribution in [2.75, 3.05) is 5.73 Å². The molecule has 1 rings (SSSR count). The van der Waals surface area contributed by atoms with Crippen LogP contribution in [0.4, 0.5) is 5.82 Å². The summed E-state index contributed by atoms with van der Waals surface area (Å²) in [6, 6.07) is 3.63.